The summed E-state index contributed by atoms with van der Waals surface area (Å²) in [5, 5.41) is 7.14. The van der Waals surface area contributed by atoms with Crippen molar-refractivity contribution in [3.05, 3.63) is 176 Å². The van der Waals surface area contributed by atoms with Gasteiger partial charge in [0.15, 0.2) is 17.5 Å². The molecule has 3 nitrogen and oxygen atoms in total. The third kappa shape index (κ3) is 5.08. The van der Waals surface area contributed by atoms with Crippen LogP contribution in [0.3, 0.4) is 0 Å². The third-order valence-electron chi connectivity index (χ3n) is 9.75. The van der Waals surface area contributed by atoms with Crippen LogP contribution in [-0.4, -0.2) is 15.0 Å². The zero-order chi connectivity index (χ0) is 33.7. The third-order valence-corrected chi connectivity index (χ3v) is 10.9. The minimum absolute atomic E-state index is 0.646. The zero-order valence-electron chi connectivity index (χ0n) is 27.5. The van der Waals surface area contributed by atoms with Crippen LogP contribution in [0.15, 0.2) is 176 Å². The Morgan fingerprint density at radius 1 is 0.314 bits per heavy atom. The van der Waals surface area contributed by atoms with Gasteiger partial charge in [0.25, 0.3) is 0 Å². The number of rotatable bonds is 5. The van der Waals surface area contributed by atoms with E-state index < -0.39 is 0 Å². The van der Waals surface area contributed by atoms with Crippen LogP contribution in [0.5, 0.6) is 0 Å². The number of aromatic nitrogens is 3. The summed E-state index contributed by atoms with van der Waals surface area (Å²) < 4.78 is 2.60. The molecule has 0 radical (unpaired) electrons. The molecule has 0 aliphatic carbocycles. The second-order valence-electron chi connectivity index (χ2n) is 12.8. The summed E-state index contributed by atoms with van der Waals surface area (Å²) in [6.07, 6.45) is 0. The van der Waals surface area contributed by atoms with Gasteiger partial charge < -0.3 is 0 Å². The topological polar surface area (TPSA) is 38.7 Å². The lowest BCUT2D eigenvalue weighted by molar-refractivity contribution is 1.08. The maximum atomic E-state index is 5.28. The summed E-state index contributed by atoms with van der Waals surface area (Å²) in [4.78, 5) is 15.6. The molecule has 2 aromatic heterocycles. The predicted octanol–water partition coefficient (Wildman–Crippen LogP) is 12.9. The molecule has 10 rings (SSSR count). The molecule has 0 aliphatic rings. The van der Waals surface area contributed by atoms with Gasteiger partial charge in [0.05, 0.1) is 0 Å². The smallest absolute Gasteiger partial charge is 0.164 e. The molecular formula is C47H29N3S. The van der Waals surface area contributed by atoms with Gasteiger partial charge in [-0.15, -0.1) is 11.3 Å². The van der Waals surface area contributed by atoms with Crippen molar-refractivity contribution in [2.24, 2.45) is 0 Å². The summed E-state index contributed by atoms with van der Waals surface area (Å²) >= 11 is 1.85. The summed E-state index contributed by atoms with van der Waals surface area (Å²) in [5.41, 5.74) is 7.59. The molecule has 0 amide bonds. The summed E-state index contributed by atoms with van der Waals surface area (Å²) in [7, 11) is 0. The van der Waals surface area contributed by atoms with Gasteiger partial charge in [0, 0.05) is 42.2 Å². The quantitative estimate of drug-likeness (QED) is 0.183. The molecule has 51 heavy (non-hydrogen) atoms. The maximum absolute atomic E-state index is 5.28. The second kappa shape index (κ2) is 12.1. The fraction of sp³-hybridized carbons (Fsp3) is 0. The zero-order valence-corrected chi connectivity index (χ0v) is 28.3. The van der Waals surface area contributed by atoms with Gasteiger partial charge in [-0.05, 0) is 56.6 Å². The van der Waals surface area contributed by atoms with Crippen LogP contribution in [-0.2, 0) is 0 Å². The normalized spacial score (nSPS) is 11.5. The van der Waals surface area contributed by atoms with E-state index in [-0.39, 0.29) is 0 Å². The molecule has 2 heterocycles. The van der Waals surface area contributed by atoms with Crippen LogP contribution < -0.4 is 0 Å². The Bertz CT molecular complexity index is 2910. The Labute approximate surface area is 299 Å². The van der Waals surface area contributed by atoms with E-state index in [2.05, 4.69) is 158 Å². The highest BCUT2D eigenvalue weighted by molar-refractivity contribution is 7.25. The molecule has 8 aromatic carbocycles. The van der Waals surface area contributed by atoms with Crippen LogP contribution in [0.1, 0.15) is 0 Å². The lowest BCUT2D eigenvalue weighted by atomic mass is 9.93. The van der Waals surface area contributed by atoms with Gasteiger partial charge in [0.2, 0.25) is 0 Å². The second-order valence-corrected chi connectivity index (χ2v) is 13.8. The highest BCUT2D eigenvalue weighted by Crippen LogP contribution is 2.41. The largest absolute Gasteiger partial charge is 0.208 e. The first-order valence-electron chi connectivity index (χ1n) is 17.1. The maximum Gasteiger partial charge on any atom is 0.164 e. The van der Waals surface area contributed by atoms with Gasteiger partial charge in [-0.1, -0.05) is 158 Å². The lowest BCUT2D eigenvalue weighted by Gasteiger charge is -2.15. The standard InChI is InChI=1S/C47H29N3S/c1-3-13-30(14-4-1)35-22-11-17-31-18-12-23-41(44(31)35)47-49-45(32-15-5-2-6-16-32)48-46(50-47)40-28-27-34(36-19-7-8-20-37(36)40)33-25-26-39-38-21-9-10-24-42(38)51-43(39)29-33/h1-29H. The Kier molecular flexibility index (Phi) is 7.00. The van der Waals surface area contributed by atoms with E-state index in [0.717, 1.165) is 49.4 Å². The number of hydrogen-bond acceptors (Lipinski definition) is 4. The van der Waals surface area contributed by atoms with Crippen molar-refractivity contribution in [1.82, 2.24) is 15.0 Å². The van der Waals surface area contributed by atoms with Crippen LogP contribution in [0.2, 0.25) is 0 Å². The highest BCUT2D eigenvalue weighted by Gasteiger charge is 2.19. The first kappa shape index (κ1) is 29.4. The van der Waals surface area contributed by atoms with Crippen molar-refractivity contribution >= 4 is 53.1 Å². The van der Waals surface area contributed by atoms with E-state index in [9.17, 15) is 0 Å². The molecular weight excluding hydrogens is 639 g/mol. The average molecular weight is 668 g/mol. The molecule has 10 aromatic rings. The molecule has 4 heteroatoms. The molecule has 0 saturated carbocycles. The Morgan fingerprint density at radius 3 is 1.65 bits per heavy atom. The minimum Gasteiger partial charge on any atom is -0.208 e. The number of benzene rings is 8. The first-order valence-corrected chi connectivity index (χ1v) is 17.9. The number of hydrogen-bond donors (Lipinski definition) is 0. The Hall–Kier alpha value is -6.49. The van der Waals surface area contributed by atoms with Gasteiger partial charge in [0.1, 0.15) is 0 Å². The molecule has 0 spiro atoms. The molecule has 0 saturated heterocycles. The van der Waals surface area contributed by atoms with Crippen LogP contribution in [0, 0.1) is 0 Å². The van der Waals surface area contributed by atoms with Crippen molar-refractivity contribution in [1.29, 1.82) is 0 Å². The molecule has 0 N–H and O–H groups in total. The minimum atomic E-state index is 0.646. The molecule has 0 bridgehead atoms. The molecule has 0 unspecified atom stereocenters. The fourth-order valence-corrected chi connectivity index (χ4v) is 8.50. The van der Waals surface area contributed by atoms with Crippen molar-refractivity contribution < 1.29 is 0 Å². The SMILES string of the molecule is c1ccc(-c2nc(-c3ccc(-c4ccc5c(c4)sc4ccccc45)c4ccccc34)nc(-c3cccc4cccc(-c5ccccc5)c34)n2)cc1. The van der Waals surface area contributed by atoms with Crippen LogP contribution in [0.25, 0.3) is 98.1 Å². The van der Waals surface area contributed by atoms with Gasteiger partial charge in [-0.3, -0.25) is 0 Å². The van der Waals surface area contributed by atoms with E-state index in [1.54, 1.807) is 0 Å². The van der Waals surface area contributed by atoms with Crippen molar-refractivity contribution in [3.63, 3.8) is 0 Å². The summed E-state index contributed by atoms with van der Waals surface area (Å²) in [6.45, 7) is 0. The lowest BCUT2D eigenvalue weighted by Crippen LogP contribution is -2.01. The van der Waals surface area contributed by atoms with Gasteiger partial charge in [-0.2, -0.15) is 0 Å². The fourth-order valence-electron chi connectivity index (χ4n) is 7.36. The first-order chi connectivity index (χ1) is 25.3. The van der Waals surface area contributed by atoms with E-state index >= 15 is 0 Å². The Morgan fingerprint density at radius 2 is 0.882 bits per heavy atom. The molecule has 0 aliphatic heterocycles. The molecule has 238 valence electrons. The summed E-state index contributed by atoms with van der Waals surface area (Å²) in [6, 6.07) is 62.1. The van der Waals surface area contributed by atoms with E-state index in [1.165, 1.54) is 31.3 Å². The van der Waals surface area contributed by atoms with Crippen LogP contribution in [0.4, 0.5) is 0 Å². The predicted molar refractivity (Wildman–Crippen MR) is 215 cm³/mol. The number of thiophene rings is 1. The number of fused-ring (bicyclic) bond motifs is 5. The van der Waals surface area contributed by atoms with E-state index in [4.69, 9.17) is 15.0 Å². The van der Waals surface area contributed by atoms with Gasteiger partial charge >= 0.3 is 0 Å². The average Bonchev–Trinajstić information content (AvgIpc) is 3.58. The van der Waals surface area contributed by atoms with Gasteiger partial charge in [-0.25, -0.2) is 15.0 Å². The van der Waals surface area contributed by atoms with Crippen molar-refractivity contribution in [3.8, 4) is 56.4 Å². The van der Waals surface area contributed by atoms with Crippen LogP contribution >= 0.6 is 11.3 Å². The molecule has 0 fully saturated rings. The van der Waals surface area contributed by atoms with E-state index in [0.29, 0.717) is 17.5 Å². The summed E-state index contributed by atoms with van der Waals surface area (Å²) in [5.74, 6) is 1.94. The highest BCUT2D eigenvalue weighted by atomic mass is 32.1. The Balaban J connectivity index is 1.19. The van der Waals surface area contributed by atoms with Crippen molar-refractivity contribution in [2.75, 3.05) is 0 Å². The molecule has 0 atom stereocenters. The monoisotopic (exact) mass is 667 g/mol. The number of nitrogens with zero attached hydrogens (tertiary/aromatic N) is 3. The van der Waals surface area contributed by atoms with Crippen molar-refractivity contribution in [2.45, 2.75) is 0 Å². The van der Waals surface area contributed by atoms with E-state index in [1.807, 2.05) is 29.5 Å².